The molecule has 0 radical (unpaired) electrons. The number of carboxylic acid groups (broad SMARTS) is 1. The van der Waals surface area contributed by atoms with E-state index in [1.54, 1.807) is 30.3 Å². The number of halogens is 1. The van der Waals surface area contributed by atoms with Gasteiger partial charge in [0.2, 0.25) is 5.89 Å². The van der Waals surface area contributed by atoms with Crippen molar-refractivity contribution in [3.8, 4) is 5.75 Å². The molecule has 0 saturated carbocycles. The Hall–Kier alpha value is -3.18. The van der Waals surface area contributed by atoms with Gasteiger partial charge in [-0.2, -0.15) is 0 Å². The lowest BCUT2D eigenvalue weighted by Gasteiger charge is -2.11. The predicted molar refractivity (Wildman–Crippen MR) is 117 cm³/mol. The van der Waals surface area contributed by atoms with Crippen molar-refractivity contribution in [2.45, 2.75) is 25.2 Å². The van der Waals surface area contributed by atoms with Crippen LogP contribution in [0.2, 0.25) is 0 Å². The lowest BCUT2D eigenvalue weighted by atomic mass is 10.2. The summed E-state index contributed by atoms with van der Waals surface area (Å²) >= 11 is 4.22. The Kier molecular flexibility index (Phi) is 7.42. The van der Waals surface area contributed by atoms with Gasteiger partial charge in [0.05, 0.1) is 4.92 Å². The van der Waals surface area contributed by atoms with Gasteiger partial charge < -0.3 is 14.3 Å². The number of nitro benzene ring substituents is 1. The molecule has 0 aliphatic heterocycles. The van der Waals surface area contributed by atoms with Crippen molar-refractivity contribution >= 4 is 45.4 Å². The van der Waals surface area contributed by atoms with Crippen LogP contribution in [0.5, 0.6) is 5.75 Å². The fourth-order valence-corrected chi connectivity index (χ4v) is 3.49. The van der Waals surface area contributed by atoms with E-state index in [0.29, 0.717) is 23.6 Å². The SMILES string of the molecule is CCc1nnc(S/C(=C\c2cc(Br)ccc2OCc2ccc([N+](=O)[O-])cc2)C(=O)O)o1. The largest absolute Gasteiger partial charge is 0.488 e. The summed E-state index contributed by atoms with van der Waals surface area (Å²) in [5, 5.41) is 28.2. The number of ether oxygens (including phenoxy) is 1. The zero-order valence-corrected chi connectivity index (χ0v) is 18.6. The molecule has 2 aromatic carbocycles. The molecule has 9 nitrogen and oxygen atoms in total. The maximum Gasteiger partial charge on any atom is 0.342 e. The second-order valence-electron chi connectivity index (χ2n) is 6.13. The number of thioether (sulfide) groups is 1. The number of nitro groups is 1. The number of carbonyl (C=O) groups is 1. The van der Waals surface area contributed by atoms with Crippen molar-refractivity contribution in [3.05, 3.63) is 79.0 Å². The van der Waals surface area contributed by atoms with E-state index in [-0.39, 0.29) is 22.4 Å². The van der Waals surface area contributed by atoms with Crippen LogP contribution in [-0.2, 0) is 17.8 Å². The number of hydrogen-bond donors (Lipinski definition) is 1. The Morgan fingerprint density at radius 1 is 1.29 bits per heavy atom. The minimum atomic E-state index is -1.15. The van der Waals surface area contributed by atoms with E-state index in [1.807, 2.05) is 6.92 Å². The second kappa shape index (κ2) is 10.2. The molecule has 160 valence electrons. The van der Waals surface area contributed by atoms with Gasteiger partial charge in [-0.1, -0.05) is 22.9 Å². The highest BCUT2D eigenvalue weighted by molar-refractivity contribution is 9.10. The zero-order valence-electron chi connectivity index (χ0n) is 16.1. The Balaban J connectivity index is 1.83. The summed E-state index contributed by atoms with van der Waals surface area (Å²) in [7, 11) is 0. The Morgan fingerprint density at radius 3 is 2.65 bits per heavy atom. The highest BCUT2D eigenvalue weighted by Crippen LogP contribution is 2.32. The third kappa shape index (κ3) is 6.15. The molecule has 0 aliphatic rings. The Morgan fingerprint density at radius 2 is 2.03 bits per heavy atom. The Labute approximate surface area is 189 Å². The first-order valence-corrected chi connectivity index (χ1v) is 10.6. The molecule has 0 aliphatic carbocycles. The van der Waals surface area contributed by atoms with Gasteiger partial charge in [0.15, 0.2) is 0 Å². The summed E-state index contributed by atoms with van der Waals surface area (Å²) in [4.78, 5) is 22.0. The molecular formula is C20H16BrN3O6S. The topological polar surface area (TPSA) is 129 Å². The quantitative estimate of drug-likeness (QED) is 0.182. The number of aliphatic carboxylic acids is 1. The van der Waals surface area contributed by atoms with Crippen LogP contribution in [0.15, 0.2) is 61.5 Å². The monoisotopic (exact) mass is 505 g/mol. The summed E-state index contributed by atoms with van der Waals surface area (Å²) < 4.78 is 12.0. The molecule has 11 heteroatoms. The molecule has 0 amide bonds. The number of nitrogens with zero attached hydrogens (tertiary/aromatic N) is 3. The van der Waals surface area contributed by atoms with E-state index in [4.69, 9.17) is 9.15 Å². The number of hydrogen-bond acceptors (Lipinski definition) is 8. The molecule has 0 spiro atoms. The molecular weight excluding hydrogens is 490 g/mol. The van der Waals surface area contributed by atoms with Crippen LogP contribution >= 0.6 is 27.7 Å². The smallest absolute Gasteiger partial charge is 0.342 e. The molecule has 3 aromatic rings. The summed E-state index contributed by atoms with van der Waals surface area (Å²) in [6, 6.07) is 11.2. The average Bonchev–Trinajstić information content (AvgIpc) is 3.20. The van der Waals surface area contributed by atoms with Crippen molar-refractivity contribution in [2.24, 2.45) is 0 Å². The van der Waals surface area contributed by atoms with Crippen molar-refractivity contribution in [1.82, 2.24) is 10.2 Å². The van der Waals surface area contributed by atoms with Crippen molar-refractivity contribution in [3.63, 3.8) is 0 Å². The Bertz CT molecular complexity index is 1130. The van der Waals surface area contributed by atoms with Crippen LogP contribution < -0.4 is 4.74 Å². The second-order valence-corrected chi connectivity index (χ2v) is 8.03. The summed E-state index contributed by atoms with van der Waals surface area (Å²) in [5.41, 5.74) is 1.25. The molecule has 0 unspecified atom stereocenters. The third-order valence-electron chi connectivity index (χ3n) is 3.96. The van der Waals surface area contributed by atoms with Crippen LogP contribution in [0, 0.1) is 10.1 Å². The molecule has 0 bridgehead atoms. The summed E-state index contributed by atoms with van der Waals surface area (Å²) in [6.45, 7) is 2.01. The molecule has 0 atom stereocenters. The first kappa shape index (κ1) is 22.5. The first-order chi connectivity index (χ1) is 14.9. The van der Waals surface area contributed by atoms with Crippen molar-refractivity contribution in [1.29, 1.82) is 0 Å². The molecule has 1 N–H and O–H groups in total. The molecule has 1 heterocycles. The van der Waals surface area contributed by atoms with Gasteiger partial charge >= 0.3 is 5.97 Å². The van der Waals surface area contributed by atoms with Crippen LogP contribution in [-0.4, -0.2) is 26.2 Å². The average molecular weight is 506 g/mol. The molecule has 1 aromatic heterocycles. The van der Waals surface area contributed by atoms with E-state index in [2.05, 4.69) is 26.1 Å². The van der Waals surface area contributed by atoms with Crippen LogP contribution in [0.25, 0.3) is 6.08 Å². The molecule has 3 rings (SSSR count). The van der Waals surface area contributed by atoms with E-state index >= 15 is 0 Å². The third-order valence-corrected chi connectivity index (χ3v) is 5.30. The van der Waals surface area contributed by atoms with Crippen molar-refractivity contribution in [2.75, 3.05) is 0 Å². The van der Waals surface area contributed by atoms with Gasteiger partial charge in [-0.05, 0) is 53.7 Å². The summed E-state index contributed by atoms with van der Waals surface area (Å²) in [6.07, 6.45) is 2.00. The number of non-ortho nitro benzene ring substituents is 1. The minimum Gasteiger partial charge on any atom is -0.488 e. The fraction of sp³-hybridized carbons (Fsp3) is 0.150. The normalized spacial score (nSPS) is 11.4. The first-order valence-electron chi connectivity index (χ1n) is 8.96. The minimum absolute atomic E-state index is 0.00797. The highest BCUT2D eigenvalue weighted by Gasteiger charge is 2.16. The van der Waals surface area contributed by atoms with Gasteiger partial charge in [-0.3, -0.25) is 10.1 Å². The lowest BCUT2D eigenvalue weighted by Crippen LogP contribution is -2.00. The van der Waals surface area contributed by atoms with Gasteiger partial charge in [-0.25, -0.2) is 4.79 Å². The standard InChI is InChI=1S/C20H16BrN3O6S/c1-2-18-22-23-20(30-18)31-17(19(25)26)10-13-9-14(21)5-8-16(13)29-11-12-3-6-15(7-4-12)24(27)28/h3-10H,2,11H2,1H3,(H,25,26)/b17-10-. The molecule has 0 fully saturated rings. The molecule has 0 saturated heterocycles. The summed E-state index contributed by atoms with van der Waals surface area (Å²) in [5.74, 6) is -0.287. The number of aromatic nitrogens is 2. The molecule has 31 heavy (non-hydrogen) atoms. The lowest BCUT2D eigenvalue weighted by molar-refractivity contribution is -0.384. The van der Waals surface area contributed by atoms with E-state index < -0.39 is 10.9 Å². The van der Waals surface area contributed by atoms with E-state index in [9.17, 15) is 20.0 Å². The number of benzene rings is 2. The van der Waals surface area contributed by atoms with Gasteiger partial charge in [0.25, 0.3) is 10.9 Å². The van der Waals surface area contributed by atoms with Crippen LogP contribution in [0.4, 0.5) is 5.69 Å². The van der Waals surface area contributed by atoms with E-state index in [0.717, 1.165) is 21.8 Å². The van der Waals surface area contributed by atoms with Crippen molar-refractivity contribution < 1.29 is 24.0 Å². The maximum atomic E-state index is 11.8. The van der Waals surface area contributed by atoms with E-state index in [1.165, 1.54) is 18.2 Å². The number of aryl methyl sites for hydroxylation is 1. The number of carboxylic acids is 1. The zero-order chi connectivity index (χ0) is 22.4. The van der Waals surface area contributed by atoms with Gasteiger partial charge in [0.1, 0.15) is 17.3 Å². The number of rotatable bonds is 9. The van der Waals surface area contributed by atoms with Crippen LogP contribution in [0.3, 0.4) is 0 Å². The van der Waals surface area contributed by atoms with Gasteiger partial charge in [0, 0.05) is 28.6 Å². The van der Waals surface area contributed by atoms with Crippen LogP contribution in [0.1, 0.15) is 23.9 Å². The predicted octanol–water partition coefficient (Wildman–Crippen LogP) is 5.10. The fourth-order valence-electron chi connectivity index (χ4n) is 2.43. The van der Waals surface area contributed by atoms with Gasteiger partial charge in [-0.15, -0.1) is 10.2 Å². The maximum absolute atomic E-state index is 11.8. The highest BCUT2D eigenvalue weighted by atomic mass is 79.9.